The molecule has 0 atom stereocenters. The van der Waals surface area contributed by atoms with E-state index in [9.17, 15) is 14.9 Å². The summed E-state index contributed by atoms with van der Waals surface area (Å²) in [5.74, 6) is 0.738. The summed E-state index contributed by atoms with van der Waals surface area (Å²) in [4.78, 5) is 25.4. The van der Waals surface area contributed by atoms with Crippen LogP contribution in [0, 0.1) is 10.1 Å². The van der Waals surface area contributed by atoms with Gasteiger partial charge in [0.25, 0.3) is 5.69 Å². The van der Waals surface area contributed by atoms with E-state index in [1.54, 1.807) is 6.07 Å². The van der Waals surface area contributed by atoms with Crippen molar-refractivity contribution in [2.45, 2.75) is 32.0 Å². The average molecular weight is 436 g/mol. The topological polar surface area (TPSA) is 107 Å². The molecule has 4 rings (SSSR count). The Morgan fingerprint density at radius 3 is 2.68 bits per heavy atom. The molecule has 4 aromatic rings. The molecule has 0 bridgehead atoms. The number of hydrogen-bond donors (Lipinski definition) is 1. The van der Waals surface area contributed by atoms with Gasteiger partial charge < -0.3 is 9.55 Å². The van der Waals surface area contributed by atoms with E-state index < -0.39 is 4.92 Å². The molecule has 9 heteroatoms. The molecule has 158 valence electrons. The first-order valence-electron chi connectivity index (χ1n) is 9.88. The van der Waals surface area contributed by atoms with Crippen molar-refractivity contribution >= 4 is 34.1 Å². The molecule has 0 radical (unpaired) electrons. The molecule has 2 aromatic carbocycles. The fraction of sp³-hybridized carbons (Fsp3) is 0.227. The fourth-order valence-electron chi connectivity index (χ4n) is 3.45. The van der Waals surface area contributed by atoms with Crippen molar-refractivity contribution in [2.24, 2.45) is 0 Å². The predicted octanol–water partition coefficient (Wildman–Crippen LogP) is 5.09. The van der Waals surface area contributed by atoms with Crippen LogP contribution in [-0.2, 0) is 11.3 Å². The first kappa shape index (κ1) is 20.8. The highest BCUT2D eigenvalue weighted by Crippen LogP contribution is 2.32. The van der Waals surface area contributed by atoms with Gasteiger partial charge in [-0.1, -0.05) is 24.8 Å². The van der Waals surface area contributed by atoms with Gasteiger partial charge in [0.1, 0.15) is 5.78 Å². The van der Waals surface area contributed by atoms with Crippen LogP contribution >= 0.6 is 11.8 Å². The SMILES string of the molecule is CCCn1ccc2cc(-c3cc(-c4nnc(SCC(C)=O)[nH]4)cc([N+](=O)[O-])c3)ccc21. The van der Waals surface area contributed by atoms with Gasteiger partial charge in [-0.2, -0.15) is 0 Å². The van der Waals surface area contributed by atoms with Crippen molar-refractivity contribution in [3.8, 4) is 22.5 Å². The minimum absolute atomic E-state index is 0.0227. The number of ketones is 1. The monoisotopic (exact) mass is 435 g/mol. The lowest BCUT2D eigenvalue weighted by Gasteiger charge is -2.07. The van der Waals surface area contributed by atoms with E-state index in [1.807, 2.05) is 24.3 Å². The zero-order valence-corrected chi connectivity index (χ0v) is 18.0. The number of nitrogens with one attached hydrogen (secondary N) is 1. The quantitative estimate of drug-likeness (QED) is 0.235. The number of aromatic nitrogens is 4. The normalized spacial score (nSPS) is 11.2. The van der Waals surface area contributed by atoms with Crippen LogP contribution < -0.4 is 0 Å². The molecule has 0 aliphatic carbocycles. The first-order chi connectivity index (χ1) is 14.9. The summed E-state index contributed by atoms with van der Waals surface area (Å²) < 4.78 is 2.20. The van der Waals surface area contributed by atoms with Gasteiger partial charge in [-0.25, -0.2) is 0 Å². The third-order valence-electron chi connectivity index (χ3n) is 4.85. The predicted molar refractivity (Wildman–Crippen MR) is 121 cm³/mol. The molecule has 31 heavy (non-hydrogen) atoms. The van der Waals surface area contributed by atoms with Gasteiger partial charge >= 0.3 is 0 Å². The van der Waals surface area contributed by atoms with Gasteiger partial charge in [0.2, 0.25) is 0 Å². The van der Waals surface area contributed by atoms with Gasteiger partial charge in [-0.05, 0) is 48.7 Å². The molecule has 0 spiro atoms. The fourth-order valence-corrected chi connectivity index (χ4v) is 4.05. The van der Waals surface area contributed by atoms with Crippen LogP contribution in [0.15, 0.2) is 53.8 Å². The average Bonchev–Trinajstić information content (AvgIpc) is 3.39. The summed E-state index contributed by atoms with van der Waals surface area (Å²) in [6.07, 6.45) is 3.11. The number of aromatic amines is 1. The molecule has 0 saturated carbocycles. The molecule has 0 amide bonds. The Hall–Kier alpha value is -3.46. The summed E-state index contributed by atoms with van der Waals surface area (Å²) in [6.45, 7) is 4.59. The Bertz CT molecular complexity index is 1280. The Balaban J connectivity index is 1.73. The molecular formula is C22H21N5O3S. The number of carbonyl (C=O) groups excluding carboxylic acids is 1. The third kappa shape index (κ3) is 4.51. The number of carbonyl (C=O) groups is 1. The summed E-state index contributed by atoms with van der Waals surface area (Å²) in [7, 11) is 0. The van der Waals surface area contributed by atoms with Crippen molar-refractivity contribution < 1.29 is 9.72 Å². The molecule has 0 aliphatic rings. The lowest BCUT2D eigenvalue weighted by molar-refractivity contribution is -0.384. The van der Waals surface area contributed by atoms with Gasteiger partial charge in [0.15, 0.2) is 11.0 Å². The first-order valence-corrected chi connectivity index (χ1v) is 10.9. The summed E-state index contributed by atoms with van der Waals surface area (Å²) in [5.41, 5.74) is 3.29. The van der Waals surface area contributed by atoms with E-state index >= 15 is 0 Å². The van der Waals surface area contributed by atoms with Crippen molar-refractivity contribution in [1.82, 2.24) is 19.7 Å². The summed E-state index contributed by atoms with van der Waals surface area (Å²) in [6, 6.07) is 13.0. The van der Waals surface area contributed by atoms with Crippen LogP contribution in [-0.4, -0.2) is 36.2 Å². The van der Waals surface area contributed by atoms with Crippen LogP contribution in [0.3, 0.4) is 0 Å². The number of nitrogens with zero attached hydrogens (tertiary/aromatic N) is 4. The highest BCUT2D eigenvalue weighted by atomic mass is 32.2. The zero-order chi connectivity index (χ0) is 22.0. The van der Waals surface area contributed by atoms with E-state index in [4.69, 9.17) is 0 Å². The molecule has 0 saturated heterocycles. The second-order valence-corrected chi connectivity index (χ2v) is 8.24. The maximum absolute atomic E-state index is 11.6. The number of non-ortho nitro benzene ring substituents is 1. The van der Waals surface area contributed by atoms with Crippen LogP contribution in [0.1, 0.15) is 20.3 Å². The smallest absolute Gasteiger partial charge is 0.270 e. The molecular weight excluding hydrogens is 414 g/mol. The van der Waals surface area contributed by atoms with Crippen molar-refractivity contribution in [3.05, 3.63) is 58.8 Å². The van der Waals surface area contributed by atoms with E-state index in [2.05, 4.69) is 38.9 Å². The number of thioether (sulfide) groups is 1. The zero-order valence-electron chi connectivity index (χ0n) is 17.2. The maximum atomic E-state index is 11.6. The molecule has 0 unspecified atom stereocenters. The number of nitro benzene ring substituents is 1. The molecule has 8 nitrogen and oxygen atoms in total. The summed E-state index contributed by atoms with van der Waals surface area (Å²) in [5, 5.41) is 21.3. The largest absolute Gasteiger partial charge is 0.347 e. The number of Topliss-reactive ketones (excluding diaryl/α,β-unsaturated/α-hetero) is 1. The number of H-pyrrole nitrogens is 1. The Kier molecular flexibility index (Phi) is 5.85. The van der Waals surface area contributed by atoms with Gasteiger partial charge in [0.05, 0.1) is 10.7 Å². The number of rotatable bonds is 8. The molecule has 2 aromatic heterocycles. The highest BCUT2D eigenvalue weighted by molar-refractivity contribution is 7.99. The number of hydrogen-bond acceptors (Lipinski definition) is 6. The van der Waals surface area contributed by atoms with Crippen LogP contribution in [0.5, 0.6) is 0 Å². The maximum Gasteiger partial charge on any atom is 0.270 e. The Morgan fingerprint density at radius 2 is 1.94 bits per heavy atom. The van der Waals surface area contributed by atoms with Gasteiger partial charge in [-0.3, -0.25) is 14.9 Å². The van der Waals surface area contributed by atoms with Crippen LogP contribution in [0.4, 0.5) is 5.69 Å². The number of fused-ring (bicyclic) bond motifs is 1. The van der Waals surface area contributed by atoms with E-state index in [1.165, 1.54) is 24.8 Å². The number of nitro groups is 1. The highest BCUT2D eigenvalue weighted by Gasteiger charge is 2.16. The van der Waals surface area contributed by atoms with Crippen molar-refractivity contribution in [3.63, 3.8) is 0 Å². The van der Waals surface area contributed by atoms with Crippen molar-refractivity contribution in [2.75, 3.05) is 5.75 Å². The molecule has 0 aliphatic heterocycles. The summed E-state index contributed by atoms with van der Waals surface area (Å²) >= 11 is 1.25. The van der Waals surface area contributed by atoms with Crippen LogP contribution in [0.25, 0.3) is 33.4 Å². The second-order valence-electron chi connectivity index (χ2n) is 7.28. The van der Waals surface area contributed by atoms with Gasteiger partial charge in [0, 0.05) is 41.3 Å². The third-order valence-corrected chi connectivity index (χ3v) is 5.86. The standard InChI is InChI=1S/C22H21N5O3S/c1-3-7-26-8-6-16-9-15(4-5-20(16)26)17-10-18(12-19(11-17)27(29)30)21-23-22(25-24-21)31-13-14(2)28/h4-6,8-12H,3,7,13H2,1-2H3,(H,23,24,25). The molecule has 1 N–H and O–H groups in total. The lowest BCUT2D eigenvalue weighted by atomic mass is 10.0. The number of aryl methyl sites for hydroxylation is 1. The Morgan fingerprint density at radius 1 is 1.13 bits per heavy atom. The Labute approximate surface area is 182 Å². The lowest BCUT2D eigenvalue weighted by Crippen LogP contribution is -1.94. The minimum atomic E-state index is -0.412. The second kappa shape index (κ2) is 8.73. The van der Waals surface area contributed by atoms with E-state index in [-0.39, 0.29) is 17.2 Å². The van der Waals surface area contributed by atoms with E-state index in [0.717, 1.165) is 35.0 Å². The molecule has 0 fully saturated rings. The minimum Gasteiger partial charge on any atom is -0.347 e. The van der Waals surface area contributed by atoms with E-state index in [0.29, 0.717) is 16.5 Å². The number of benzene rings is 2. The molecule has 2 heterocycles. The van der Waals surface area contributed by atoms with Crippen molar-refractivity contribution in [1.29, 1.82) is 0 Å². The van der Waals surface area contributed by atoms with Crippen LogP contribution in [0.2, 0.25) is 0 Å². The van der Waals surface area contributed by atoms with Gasteiger partial charge in [-0.15, -0.1) is 10.2 Å².